The number of carbonyl (C=O) groups is 1. The first-order chi connectivity index (χ1) is 15.5. The van der Waals surface area contributed by atoms with Crippen LogP contribution in [0, 0.1) is 23.2 Å². The van der Waals surface area contributed by atoms with E-state index in [1.807, 2.05) is 36.4 Å². The molecule has 0 aliphatic heterocycles. The number of amides is 1. The van der Waals surface area contributed by atoms with Crippen molar-refractivity contribution in [3.8, 4) is 11.3 Å². The summed E-state index contributed by atoms with van der Waals surface area (Å²) >= 11 is 6.21. The van der Waals surface area contributed by atoms with Crippen molar-refractivity contribution in [3.63, 3.8) is 0 Å². The number of nitrogens with one attached hydrogen (secondary N) is 1. The molecule has 4 aliphatic carbocycles. The Morgan fingerprint density at radius 2 is 1.66 bits per heavy atom. The van der Waals surface area contributed by atoms with Crippen LogP contribution < -0.4 is 11.0 Å². The molecular weight excluding hydrogens is 422 g/mol. The molecule has 0 saturated heterocycles. The number of nitrogens with zero attached hydrogens (tertiary/aromatic N) is 2. The van der Waals surface area contributed by atoms with E-state index in [9.17, 15) is 9.59 Å². The van der Waals surface area contributed by atoms with E-state index in [0.29, 0.717) is 22.5 Å². The predicted octanol–water partition coefficient (Wildman–Crippen LogP) is 5.39. The summed E-state index contributed by atoms with van der Waals surface area (Å²) in [5.74, 6) is 2.23. The maximum atomic E-state index is 13.2. The number of rotatable bonds is 4. The average Bonchev–Trinajstić information content (AvgIpc) is 2.74. The standard InChI is InChI=1S/C26H26ClN3O2/c27-20-5-3-4-19(11-20)24-21-6-1-2-7-22(21)25(32)30(29-24)28-23(31)15-26-12-16-8-17(13-26)10-18(9-16)14-26/h1-7,11,16-18H,8-10,12-15H2,(H,28,31). The summed E-state index contributed by atoms with van der Waals surface area (Å²) in [5.41, 5.74) is 4.04. The molecule has 1 N–H and O–H groups in total. The Bertz CT molecular complexity index is 1250. The van der Waals surface area contributed by atoms with Gasteiger partial charge in [0.15, 0.2) is 0 Å². The zero-order valence-corrected chi connectivity index (χ0v) is 18.6. The number of aromatic nitrogens is 2. The van der Waals surface area contributed by atoms with E-state index in [-0.39, 0.29) is 16.9 Å². The molecule has 7 rings (SSSR count). The summed E-state index contributed by atoms with van der Waals surface area (Å²) in [6.07, 6.45) is 7.96. The summed E-state index contributed by atoms with van der Waals surface area (Å²) < 4.78 is 0. The Morgan fingerprint density at radius 1 is 1.00 bits per heavy atom. The van der Waals surface area contributed by atoms with Crippen LogP contribution in [0.15, 0.2) is 53.3 Å². The van der Waals surface area contributed by atoms with Gasteiger partial charge >= 0.3 is 0 Å². The van der Waals surface area contributed by atoms with Gasteiger partial charge in [0, 0.05) is 22.4 Å². The lowest BCUT2D eigenvalue weighted by Gasteiger charge is -2.56. The van der Waals surface area contributed by atoms with E-state index >= 15 is 0 Å². The maximum absolute atomic E-state index is 13.2. The molecular formula is C26H26ClN3O2. The maximum Gasteiger partial charge on any atom is 0.294 e. The number of carbonyl (C=O) groups excluding carboxylic acids is 1. The van der Waals surface area contributed by atoms with Crippen molar-refractivity contribution in [1.29, 1.82) is 0 Å². The fourth-order valence-corrected chi connectivity index (χ4v) is 7.31. The molecule has 32 heavy (non-hydrogen) atoms. The van der Waals surface area contributed by atoms with Crippen LogP contribution >= 0.6 is 11.6 Å². The first kappa shape index (κ1) is 20.0. The van der Waals surface area contributed by atoms with Gasteiger partial charge in [-0.2, -0.15) is 0 Å². The zero-order valence-electron chi connectivity index (χ0n) is 17.9. The third kappa shape index (κ3) is 3.43. The predicted molar refractivity (Wildman–Crippen MR) is 126 cm³/mol. The van der Waals surface area contributed by atoms with Crippen molar-refractivity contribution < 1.29 is 4.79 Å². The SMILES string of the molecule is O=C(CC12CC3CC(CC(C3)C1)C2)Nn1nc(-c2cccc(Cl)c2)c2ccccc2c1=O. The molecule has 0 spiro atoms. The normalized spacial score (nSPS) is 28.2. The van der Waals surface area contributed by atoms with Crippen LogP contribution in [0.2, 0.25) is 5.02 Å². The van der Waals surface area contributed by atoms with Crippen molar-refractivity contribution in [2.75, 3.05) is 5.43 Å². The number of hydrogen-bond acceptors (Lipinski definition) is 3. The summed E-state index contributed by atoms with van der Waals surface area (Å²) in [4.78, 5) is 27.4. The summed E-state index contributed by atoms with van der Waals surface area (Å²) in [7, 11) is 0. The molecule has 3 aromatic rings. The molecule has 0 atom stereocenters. The molecule has 1 aromatic heterocycles. The smallest absolute Gasteiger partial charge is 0.273 e. The van der Waals surface area contributed by atoms with Gasteiger partial charge in [0.25, 0.3) is 5.56 Å². The van der Waals surface area contributed by atoms with E-state index in [2.05, 4.69) is 10.5 Å². The van der Waals surface area contributed by atoms with Crippen molar-refractivity contribution in [2.45, 2.75) is 44.9 Å². The first-order valence-corrected chi connectivity index (χ1v) is 11.9. The number of fused-ring (bicyclic) bond motifs is 1. The van der Waals surface area contributed by atoms with E-state index in [0.717, 1.165) is 52.8 Å². The van der Waals surface area contributed by atoms with Crippen LogP contribution in [-0.4, -0.2) is 15.8 Å². The van der Waals surface area contributed by atoms with Crippen molar-refractivity contribution in [1.82, 2.24) is 9.89 Å². The molecule has 4 bridgehead atoms. The topological polar surface area (TPSA) is 64.0 Å². The van der Waals surface area contributed by atoms with Gasteiger partial charge in [-0.15, -0.1) is 9.89 Å². The van der Waals surface area contributed by atoms with Gasteiger partial charge < -0.3 is 0 Å². The number of benzene rings is 2. The van der Waals surface area contributed by atoms with Gasteiger partial charge in [0.2, 0.25) is 5.91 Å². The zero-order chi connectivity index (χ0) is 21.9. The second-order valence-electron chi connectivity index (χ2n) is 10.3. The summed E-state index contributed by atoms with van der Waals surface area (Å²) in [5, 5.41) is 6.42. The molecule has 4 aliphatic rings. The Kier molecular flexibility index (Phi) is 4.65. The second-order valence-corrected chi connectivity index (χ2v) is 10.7. The molecule has 4 fully saturated rings. The summed E-state index contributed by atoms with van der Waals surface area (Å²) in [6, 6.07) is 14.7. The Labute approximate surface area is 191 Å². The molecule has 0 unspecified atom stereocenters. The molecule has 4 saturated carbocycles. The summed E-state index contributed by atoms with van der Waals surface area (Å²) in [6.45, 7) is 0. The fourth-order valence-electron chi connectivity index (χ4n) is 7.12. The van der Waals surface area contributed by atoms with E-state index in [1.54, 1.807) is 12.1 Å². The minimum atomic E-state index is -0.315. The molecule has 5 nitrogen and oxygen atoms in total. The van der Waals surface area contributed by atoms with Crippen molar-refractivity contribution in [2.24, 2.45) is 23.2 Å². The van der Waals surface area contributed by atoms with Gasteiger partial charge in [-0.3, -0.25) is 9.59 Å². The van der Waals surface area contributed by atoms with Crippen LogP contribution in [0.5, 0.6) is 0 Å². The van der Waals surface area contributed by atoms with Crippen LogP contribution in [-0.2, 0) is 4.79 Å². The lowest BCUT2D eigenvalue weighted by atomic mass is 9.49. The highest BCUT2D eigenvalue weighted by Gasteiger charge is 2.51. The van der Waals surface area contributed by atoms with Gasteiger partial charge in [0.1, 0.15) is 5.69 Å². The second kappa shape index (κ2) is 7.45. The van der Waals surface area contributed by atoms with E-state index in [1.165, 1.54) is 19.3 Å². The largest absolute Gasteiger partial charge is 0.294 e. The number of hydrogen-bond donors (Lipinski definition) is 1. The highest BCUT2D eigenvalue weighted by atomic mass is 35.5. The monoisotopic (exact) mass is 447 g/mol. The Balaban J connectivity index is 1.34. The van der Waals surface area contributed by atoms with Crippen LogP contribution in [0.25, 0.3) is 22.0 Å². The molecule has 6 heteroatoms. The van der Waals surface area contributed by atoms with Crippen molar-refractivity contribution in [3.05, 3.63) is 63.9 Å². The van der Waals surface area contributed by atoms with Gasteiger partial charge in [-0.05, 0) is 79.9 Å². The molecule has 164 valence electrons. The third-order valence-corrected chi connectivity index (χ3v) is 8.07. The minimum absolute atomic E-state index is 0.106. The minimum Gasteiger partial charge on any atom is -0.273 e. The highest BCUT2D eigenvalue weighted by molar-refractivity contribution is 6.30. The molecule has 2 aromatic carbocycles. The van der Waals surface area contributed by atoms with Crippen LogP contribution in [0.4, 0.5) is 0 Å². The highest BCUT2D eigenvalue weighted by Crippen LogP contribution is 2.61. The van der Waals surface area contributed by atoms with Gasteiger partial charge in [-0.25, -0.2) is 5.43 Å². The van der Waals surface area contributed by atoms with Crippen molar-refractivity contribution >= 4 is 28.3 Å². The number of halogens is 1. The van der Waals surface area contributed by atoms with Crippen LogP contribution in [0.3, 0.4) is 0 Å². The van der Waals surface area contributed by atoms with E-state index in [4.69, 9.17) is 11.6 Å². The van der Waals surface area contributed by atoms with Crippen LogP contribution in [0.1, 0.15) is 44.9 Å². The Morgan fingerprint density at radius 3 is 2.31 bits per heavy atom. The molecule has 1 heterocycles. The first-order valence-electron chi connectivity index (χ1n) is 11.6. The fraction of sp³-hybridized carbons (Fsp3) is 0.423. The molecule has 1 amide bonds. The quantitative estimate of drug-likeness (QED) is 0.582. The Hall–Kier alpha value is -2.66. The lowest BCUT2D eigenvalue weighted by molar-refractivity contribution is -0.125. The third-order valence-electron chi connectivity index (χ3n) is 7.83. The lowest BCUT2D eigenvalue weighted by Crippen LogP contribution is -2.48. The molecule has 0 radical (unpaired) electrons. The van der Waals surface area contributed by atoms with Gasteiger partial charge in [-0.1, -0.05) is 41.9 Å². The van der Waals surface area contributed by atoms with E-state index < -0.39 is 0 Å². The van der Waals surface area contributed by atoms with Gasteiger partial charge in [0.05, 0.1) is 5.39 Å². The average molecular weight is 448 g/mol.